The van der Waals surface area contributed by atoms with E-state index in [0.717, 1.165) is 10.8 Å². The van der Waals surface area contributed by atoms with E-state index < -0.39 is 5.91 Å². The van der Waals surface area contributed by atoms with Crippen molar-refractivity contribution in [2.24, 2.45) is 5.73 Å². The molecule has 100 valence electrons. The number of amides is 1. The molecule has 3 aromatic rings. The molecule has 1 heterocycles. The van der Waals surface area contributed by atoms with Crippen molar-refractivity contribution in [2.45, 2.75) is 6.54 Å². The Kier molecular flexibility index (Phi) is 2.68. The van der Waals surface area contributed by atoms with Crippen LogP contribution >= 0.6 is 0 Å². The summed E-state index contributed by atoms with van der Waals surface area (Å²) in [5.41, 5.74) is 12.1. The molecule has 0 fully saturated rings. The number of rotatable bonds is 2. The topological polar surface area (TPSA) is 91.1 Å². The Hall–Kier alpha value is -2.82. The molecule has 0 saturated heterocycles. The van der Waals surface area contributed by atoms with Gasteiger partial charge in [-0.2, -0.15) is 0 Å². The number of carbonyl (C=O) groups is 1. The Morgan fingerprint density at radius 2 is 1.75 bits per heavy atom. The Balaban J connectivity index is 2.55. The third kappa shape index (κ3) is 1.80. The molecule has 0 spiro atoms. The largest absolute Gasteiger partial charge is 0.399 e. The molecule has 0 saturated carbocycles. The van der Waals surface area contributed by atoms with E-state index in [-0.39, 0.29) is 12.1 Å². The fraction of sp³-hybridized carbons (Fsp3) is 0.0667. The van der Waals surface area contributed by atoms with E-state index in [1.54, 1.807) is 30.3 Å². The lowest BCUT2D eigenvalue weighted by atomic mass is 10.1. The van der Waals surface area contributed by atoms with Crippen molar-refractivity contribution in [3.05, 3.63) is 52.8 Å². The van der Waals surface area contributed by atoms with E-state index in [0.29, 0.717) is 16.6 Å². The molecule has 0 radical (unpaired) electrons. The average molecular weight is 267 g/mol. The van der Waals surface area contributed by atoms with E-state index in [1.165, 1.54) is 4.57 Å². The second-order valence-corrected chi connectivity index (χ2v) is 4.68. The number of hydrogen-bond acceptors (Lipinski definition) is 3. The molecular formula is C15H13N3O2. The number of pyridine rings is 1. The van der Waals surface area contributed by atoms with E-state index in [2.05, 4.69) is 0 Å². The Labute approximate surface area is 114 Å². The molecule has 4 N–H and O–H groups in total. The summed E-state index contributed by atoms with van der Waals surface area (Å²) < 4.78 is 1.39. The summed E-state index contributed by atoms with van der Waals surface area (Å²) in [5.74, 6) is -0.555. The first-order valence-electron chi connectivity index (χ1n) is 6.17. The zero-order valence-corrected chi connectivity index (χ0v) is 10.7. The maximum atomic E-state index is 12.5. The van der Waals surface area contributed by atoms with Crippen LogP contribution in [-0.4, -0.2) is 10.5 Å². The highest BCUT2D eigenvalue weighted by Crippen LogP contribution is 2.24. The monoisotopic (exact) mass is 267 g/mol. The van der Waals surface area contributed by atoms with Gasteiger partial charge in [0.05, 0.1) is 5.52 Å². The van der Waals surface area contributed by atoms with Crippen molar-refractivity contribution in [1.29, 1.82) is 0 Å². The van der Waals surface area contributed by atoms with Gasteiger partial charge in [-0.05, 0) is 29.7 Å². The molecular weight excluding hydrogens is 254 g/mol. The van der Waals surface area contributed by atoms with Crippen molar-refractivity contribution in [1.82, 2.24) is 4.57 Å². The van der Waals surface area contributed by atoms with Gasteiger partial charge in [-0.1, -0.05) is 18.2 Å². The van der Waals surface area contributed by atoms with Crippen LogP contribution in [0.3, 0.4) is 0 Å². The minimum absolute atomic E-state index is 0.149. The summed E-state index contributed by atoms with van der Waals surface area (Å²) >= 11 is 0. The Morgan fingerprint density at radius 3 is 2.45 bits per heavy atom. The van der Waals surface area contributed by atoms with Crippen molar-refractivity contribution >= 4 is 33.3 Å². The number of nitrogens with zero attached hydrogens (tertiary/aromatic N) is 1. The summed E-state index contributed by atoms with van der Waals surface area (Å²) in [6.45, 7) is -0.149. The van der Waals surface area contributed by atoms with Gasteiger partial charge in [0.15, 0.2) is 0 Å². The van der Waals surface area contributed by atoms with Gasteiger partial charge in [0, 0.05) is 16.5 Å². The van der Waals surface area contributed by atoms with Crippen LogP contribution in [0.2, 0.25) is 0 Å². The van der Waals surface area contributed by atoms with Crippen LogP contribution in [0.1, 0.15) is 0 Å². The molecule has 0 atom stereocenters. The van der Waals surface area contributed by atoms with Crippen molar-refractivity contribution in [3.8, 4) is 0 Å². The maximum absolute atomic E-state index is 12.5. The van der Waals surface area contributed by atoms with Gasteiger partial charge in [-0.25, -0.2) is 0 Å². The zero-order chi connectivity index (χ0) is 14.3. The van der Waals surface area contributed by atoms with Gasteiger partial charge >= 0.3 is 0 Å². The Morgan fingerprint density at radius 1 is 1.05 bits per heavy atom. The SMILES string of the molecule is NC(=O)Cn1c(=O)c2ccccc2c2cc(N)ccc21. The zero-order valence-electron chi connectivity index (χ0n) is 10.7. The second kappa shape index (κ2) is 4.38. The van der Waals surface area contributed by atoms with Crippen molar-refractivity contribution < 1.29 is 4.79 Å². The summed E-state index contributed by atoms with van der Waals surface area (Å²) in [6, 6.07) is 12.5. The normalized spacial score (nSPS) is 11.0. The maximum Gasteiger partial charge on any atom is 0.259 e. The molecule has 2 aromatic carbocycles. The van der Waals surface area contributed by atoms with Crippen molar-refractivity contribution in [2.75, 3.05) is 5.73 Å². The predicted octanol–water partition coefficient (Wildman–Crippen LogP) is 1.22. The molecule has 5 heteroatoms. The highest BCUT2D eigenvalue weighted by atomic mass is 16.2. The van der Waals surface area contributed by atoms with Crippen LogP contribution in [0.15, 0.2) is 47.3 Å². The summed E-state index contributed by atoms with van der Waals surface area (Å²) in [5, 5.41) is 2.20. The number of aromatic nitrogens is 1. The van der Waals surface area contributed by atoms with Gasteiger partial charge in [0.2, 0.25) is 5.91 Å². The Bertz CT molecular complexity index is 897. The van der Waals surface area contributed by atoms with E-state index in [1.807, 2.05) is 12.1 Å². The highest BCUT2D eigenvalue weighted by Gasteiger charge is 2.11. The lowest BCUT2D eigenvalue weighted by Gasteiger charge is -2.12. The van der Waals surface area contributed by atoms with Crippen LogP contribution in [0.25, 0.3) is 21.7 Å². The highest BCUT2D eigenvalue weighted by molar-refractivity contribution is 6.06. The van der Waals surface area contributed by atoms with Gasteiger partial charge < -0.3 is 11.5 Å². The smallest absolute Gasteiger partial charge is 0.259 e. The minimum atomic E-state index is -0.555. The van der Waals surface area contributed by atoms with E-state index in [9.17, 15) is 9.59 Å². The van der Waals surface area contributed by atoms with Gasteiger partial charge in [0.25, 0.3) is 5.56 Å². The number of primary amides is 1. The summed E-state index contributed by atoms with van der Waals surface area (Å²) in [6.07, 6.45) is 0. The summed E-state index contributed by atoms with van der Waals surface area (Å²) in [7, 11) is 0. The van der Waals surface area contributed by atoms with Crippen LogP contribution < -0.4 is 17.0 Å². The number of hydrogen-bond donors (Lipinski definition) is 2. The second-order valence-electron chi connectivity index (χ2n) is 4.68. The molecule has 3 rings (SSSR count). The van der Waals surface area contributed by atoms with Crippen LogP contribution in [-0.2, 0) is 11.3 Å². The quantitative estimate of drug-likeness (QED) is 0.540. The van der Waals surface area contributed by atoms with E-state index >= 15 is 0 Å². The lowest BCUT2D eigenvalue weighted by Crippen LogP contribution is -2.28. The molecule has 1 amide bonds. The third-order valence-corrected chi connectivity index (χ3v) is 3.32. The molecule has 0 aliphatic carbocycles. The van der Waals surface area contributed by atoms with Crippen LogP contribution in [0.5, 0.6) is 0 Å². The number of nitrogens with two attached hydrogens (primary N) is 2. The number of fused-ring (bicyclic) bond motifs is 3. The molecule has 0 aliphatic rings. The molecule has 1 aromatic heterocycles. The standard InChI is InChI=1S/C15H13N3O2/c16-9-5-6-13-12(7-9)10-3-1-2-4-11(10)15(20)18(13)8-14(17)19/h1-7H,8,16H2,(H2,17,19). The average Bonchev–Trinajstić information content (AvgIpc) is 2.43. The van der Waals surface area contributed by atoms with Crippen LogP contribution in [0, 0.1) is 0 Å². The number of carbonyl (C=O) groups excluding carboxylic acids is 1. The first kappa shape index (κ1) is 12.2. The van der Waals surface area contributed by atoms with E-state index in [4.69, 9.17) is 11.5 Å². The molecule has 0 unspecified atom stereocenters. The number of benzene rings is 2. The van der Waals surface area contributed by atoms with Gasteiger partial charge in [-0.3, -0.25) is 14.2 Å². The number of anilines is 1. The number of nitrogen functional groups attached to an aromatic ring is 1. The molecule has 0 aliphatic heterocycles. The summed E-state index contributed by atoms with van der Waals surface area (Å²) in [4.78, 5) is 23.7. The fourth-order valence-corrected chi connectivity index (χ4v) is 2.48. The van der Waals surface area contributed by atoms with Gasteiger partial charge in [-0.15, -0.1) is 0 Å². The lowest BCUT2D eigenvalue weighted by molar-refractivity contribution is -0.118. The first-order valence-corrected chi connectivity index (χ1v) is 6.17. The molecule has 20 heavy (non-hydrogen) atoms. The van der Waals surface area contributed by atoms with Crippen molar-refractivity contribution in [3.63, 3.8) is 0 Å². The fourth-order valence-electron chi connectivity index (χ4n) is 2.48. The first-order chi connectivity index (χ1) is 9.58. The van der Waals surface area contributed by atoms with Gasteiger partial charge in [0.1, 0.15) is 6.54 Å². The minimum Gasteiger partial charge on any atom is -0.399 e. The predicted molar refractivity (Wildman–Crippen MR) is 79.3 cm³/mol. The van der Waals surface area contributed by atoms with Crippen LogP contribution in [0.4, 0.5) is 5.69 Å². The molecule has 5 nitrogen and oxygen atoms in total. The molecule has 0 bridgehead atoms. The third-order valence-electron chi connectivity index (χ3n) is 3.32.